The molecule has 12 aromatic carbocycles. The van der Waals surface area contributed by atoms with Gasteiger partial charge in [-0.05, 0) is 126 Å². The van der Waals surface area contributed by atoms with Gasteiger partial charge in [0, 0.05) is 49.7 Å². The molecule has 1 aliphatic carbocycles. The van der Waals surface area contributed by atoms with Crippen LogP contribution in [0.15, 0.2) is 231 Å². The number of rotatable bonds is 8. The highest BCUT2D eigenvalue weighted by Gasteiger charge is 2.35. The summed E-state index contributed by atoms with van der Waals surface area (Å²) in [6.07, 6.45) is 0. The van der Waals surface area contributed by atoms with Gasteiger partial charge in [0.25, 0.3) is 0 Å². The van der Waals surface area contributed by atoms with Gasteiger partial charge in [-0.3, -0.25) is 0 Å². The van der Waals surface area contributed by atoms with Crippen molar-refractivity contribution in [3.63, 3.8) is 0 Å². The first-order chi connectivity index (χ1) is 32.0. The fraction of sp³-hybridized carbons (Fsp3) is 0.0476. The largest absolute Gasteiger partial charge is 0.310 e. The molecule has 0 spiro atoms. The van der Waals surface area contributed by atoms with Gasteiger partial charge < -0.3 is 9.80 Å². The Kier molecular flexibility index (Phi) is 8.29. The zero-order chi connectivity index (χ0) is 43.2. The molecule has 1 aliphatic rings. The van der Waals surface area contributed by atoms with Crippen molar-refractivity contribution >= 4 is 88.0 Å². The van der Waals surface area contributed by atoms with Crippen molar-refractivity contribution in [1.82, 2.24) is 0 Å². The van der Waals surface area contributed by atoms with E-state index in [9.17, 15) is 0 Å². The van der Waals surface area contributed by atoms with E-state index in [2.05, 4.69) is 254 Å². The lowest BCUT2D eigenvalue weighted by Gasteiger charge is -2.31. The summed E-state index contributed by atoms with van der Waals surface area (Å²) >= 11 is 0. The molecular weight excluding hydrogens is 785 g/mol. The second-order valence-electron chi connectivity index (χ2n) is 18.1. The van der Waals surface area contributed by atoms with Crippen molar-refractivity contribution in [2.45, 2.75) is 19.3 Å². The van der Waals surface area contributed by atoms with Crippen LogP contribution in [0.2, 0.25) is 0 Å². The lowest BCUT2D eigenvalue weighted by molar-refractivity contribution is 0.663. The van der Waals surface area contributed by atoms with Gasteiger partial charge in [0.15, 0.2) is 0 Å². The van der Waals surface area contributed by atoms with Crippen LogP contribution in [0.1, 0.15) is 25.0 Å². The molecule has 306 valence electrons. The van der Waals surface area contributed by atoms with Crippen LogP contribution in [-0.4, -0.2) is 0 Å². The molecule has 12 aromatic rings. The summed E-state index contributed by atoms with van der Waals surface area (Å²) in [7, 11) is 0. The highest BCUT2D eigenvalue weighted by Crippen LogP contribution is 2.54. The number of hydrogen-bond donors (Lipinski definition) is 0. The first-order valence-electron chi connectivity index (χ1n) is 22.7. The van der Waals surface area contributed by atoms with Crippen molar-refractivity contribution in [2.24, 2.45) is 0 Å². The van der Waals surface area contributed by atoms with E-state index in [1.54, 1.807) is 0 Å². The van der Waals surface area contributed by atoms with Gasteiger partial charge in [0.2, 0.25) is 0 Å². The summed E-state index contributed by atoms with van der Waals surface area (Å²) < 4.78 is 0. The second-order valence-corrected chi connectivity index (χ2v) is 18.1. The first kappa shape index (κ1) is 37.4. The van der Waals surface area contributed by atoms with E-state index in [0.29, 0.717) is 0 Å². The Bertz CT molecular complexity index is 3730. The molecule has 2 nitrogen and oxygen atoms in total. The molecule has 0 aliphatic heterocycles. The molecule has 13 rings (SSSR count). The number of nitrogens with zero attached hydrogens (tertiary/aromatic N) is 2. The van der Waals surface area contributed by atoms with E-state index in [1.807, 2.05) is 0 Å². The Morgan fingerprint density at radius 2 is 0.708 bits per heavy atom. The topological polar surface area (TPSA) is 6.48 Å². The van der Waals surface area contributed by atoms with Crippen molar-refractivity contribution < 1.29 is 0 Å². The Balaban J connectivity index is 1.17. The summed E-state index contributed by atoms with van der Waals surface area (Å²) in [6, 6.07) is 85.2. The number of anilines is 6. The molecule has 0 saturated heterocycles. The summed E-state index contributed by atoms with van der Waals surface area (Å²) in [5.74, 6) is 0. The van der Waals surface area contributed by atoms with Gasteiger partial charge in [-0.25, -0.2) is 0 Å². The maximum Gasteiger partial charge on any atom is 0.0546 e. The van der Waals surface area contributed by atoms with E-state index < -0.39 is 0 Å². The predicted molar refractivity (Wildman–Crippen MR) is 278 cm³/mol. The van der Waals surface area contributed by atoms with E-state index in [0.717, 1.165) is 34.1 Å². The monoisotopic (exact) mass is 828 g/mol. The van der Waals surface area contributed by atoms with Crippen LogP contribution in [-0.2, 0) is 5.41 Å². The Morgan fingerprint density at radius 3 is 1.20 bits per heavy atom. The van der Waals surface area contributed by atoms with Gasteiger partial charge in [0.05, 0.1) is 11.4 Å². The van der Waals surface area contributed by atoms with Crippen molar-refractivity contribution in [1.29, 1.82) is 0 Å². The SMILES string of the molecule is CC1(C)c2cccc3ccc4cc(N(c5ccccc5)c5cc(-c6ccccc6)c6ccc7c(N(c8ccccc8)c8ccccc8)cc(-c8ccccc8)c8ccc5c6c87)cc1c4c23. The average Bonchev–Trinajstić information content (AvgIpc) is 3.60. The van der Waals surface area contributed by atoms with Crippen molar-refractivity contribution in [2.75, 3.05) is 9.80 Å². The molecule has 0 unspecified atom stereocenters. The Labute approximate surface area is 379 Å². The minimum Gasteiger partial charge on any atom is -0.310 e. The molecule has 0 bridgehead atoms. The van der Waals surface area contributed by atoms with Crippen LogP contribution in [0.3, 0.4) is 0 Å². The minimum absolute atomic E-state index is 0.161. The predicted octanol–water partition coefficient (Wildman–Crippen LogP) is 17.8. The number of hydrogen-bond acceptors (Lipinski definition) is 2. The normalized spacial score (nSPS) is 12.9. The van der Waals surface area contributed by atoms with E-state index >= 15 is 0 Å². The Hall–Kier alpha value is -8.20. The van der Waals surface area contributed by atoms with Gasteiger partial charge >= 0.3 is 0 Å². The lowest BCUT2D eigenvalue weighted by atomic mass is 9.81. The van der Waals surface area contributed by atoms with Crippen molar-refractivity contribution in [3.05, 3.63) is 242 Å². The first-order valence-corrected chi connectivity index (χ1v) is 22.7. The minimum atomic E-state index is -0.161. The van der Waals surface area contributed by atoms with Crippen molar-refractivity contribution in [3.8, 4) is 22.3 Å². The fourth-order valence-corrected chi connectivity index (χ4v) is 11.1. The zero-order valence-corrected chi connectivity index (χ0v) is 36.3. The van der Waals surface area contributed by atoms with Gasteiger partial charge in [-0.2, -0.15) is 0 Å². The second kappa shape index (κ2) is 14.4. The van der Waals surface area contributed by atoms with Gasteiger partial charge in [0.1, 0.15) is 0 Å². The number of benzene rings is 12. The summed E-state index contributed by atoms with van der Waals surface area (Å²) in [6.45, 7) is 4.79. The van der Waals surface area contributed by atoms with Crippen LogP contribution in [0.5, 0.6) is 0 Å². The molecule has 0 saturated carbocycles. The lowest BCUT2D eigenvalue weighted by Crippen LogP contribution is -2.17. The maximum atomic E-state index is 2.52. The third-order valence-electron chi connectivity index (χ3n) is 14.1. The molecular formula is C63H44N2. The highest BCUT2D eigenvalue weighted by atomic mass is 15.1. The molecule has 0 atom stereocenters. The number of para-hydroxylation sites is 3. The summed E-state index contributed by atoms with van der Waals surface area (Å²) in [5.41, 5.74) is 14.2. The highest BCUT2D eigenvalue weighted by molar-refractivity contribution is 6.32. The van der Waals surface area contributed by atoms with E-state index in [-0.39, 0.29) is 5.41 Å². The molecule has 0 aromatic heterocycles. The quantitative estimate of drug-likeness (QED) is 0.141. The summed E-state index contributed by atoms with van der Waals surface area (Å²) in [5, 5.41) is 12.7. The molecule has 0 fully saturated rings. The average molecular weight is 829 g/mol. The van der Waals surface area contributed by atoms with Crippen LogP contribution < -0.4 is 9.80 Å². The maximum absolute atomic E-state index is 2.52. The third-order valence-corrected chi connectivity index (χ3v) is 14.1. The Morgan fingerprint density at radius 1 is 0.292 bits per heavy atom. The van der Waals surface area contributed by atoms with Crippen LogP contribution >= 0.6 is 0 Å². The van der Waals surface area contributed by atoms with E-state index in [1.165, 1.54) is 87.2 Å². The standard InChI is InChI=1S/C63H44N2/c1-63(2)55-30-18-23-43-31-32-44-37-48(38-56(63)60(44)59(43)55)65(47-28-16-7-17-29-47)58-40-54(42-21-10-4-11-22-42)50-33-35-51-57(64(45-24-12-5-13-25-45)46-26-14-6-15-27-46)39-53(41-19-8-3-9-20-41)49-34-36-52(58)62(50)61(49)51/h3-40H,1-2H3. The molecule has 0 amide bonds. The molecule has 0 N–H and O–H groups in total. The fourth-order valence-electron chi connectivity index (χ4n) is 11.1. The smallest absolute Gasteiger partial charge is 0.0546 e. The van der Waals surface area contributed by atoms with E-state index in [4.69, 9.17) is 0 Å². The van der Waals surface area contributed by atoms with Gasteiger partial charge in [-0.1, -0.05) is 184 Å². The van der Waals surface area contributed by atoms with Gasteiger partial charge in [-0.15, -0.1) is 0 Å². The third kappa shape index (κ3) is 5.67. The van der Waals surface area contributed by atoms with Crippen LogP contribution in [0, 0.1) is 0 Å². The molecule has 65 heavy (non-hydrogen) atoms. The molecule has 0 radical (unpaired) electrons. The molecule has 2 heteroatoms. The summed E-state index contributed by atoms with van der Waals surface area (Å²) in [4.78, 5) is 4.96. The van der Waals surface area contributed by atoms with Crippen LogP contribution in [0.25, 0.3) is 76.1 Å². The van der Waals surface area contributed by atoms with Crippen LogP contribution in [0.4, 0.5) is 34.1 Å². The molecule has 0 heterocycles. The zero-order valence-electron chi connectivity index (χ0n) is 36.3.